The van der Waals surface area contributed by atoms with Crippen LogP contribution in [0.4, 0.5) is 0 Å². The molecule has 2 heterocycles. The smallest absolute Gasteiger partial charge is 0.246 e. The number of rotatable bonds is 3. The van der Waals surface area contributed by atoms with Crippen molar-refractivity contribution < 1.29 is 9.59 Å². The molecule has 0 aliphatic carbocycles. The summed E-state index contributed by atoms with van der Waals surface area (Å²) in [5, 5.41) is 2.35. The molecule has 0 spiro atoms. The summed E-state index contributed by atoms with van der Waals surface area (Å²) in [4.78, 5) is 29.4. The van der Waals surface area contributed by atoms with Crippen LogP contribution < -0.4 is 11.1 Å². The van der Waals surface area contributed by atoms with Gasteiger partial charge < -0.3 is 5.73 Å². The zero-order chi connectivity index (χ0) is 14.0. The minimum Gasteiger partial charge on any atom is -0.325 e. The van der Waals surface area contributed by atoms with Crippen LogP contribution in [0.3, 0.4) is 0 Å². The number of piperazine rings is 1. The van der Waals surface area contributed by atoms with Gasteiger partial charge >= 0.3 is 0 Å². The first-order chi connectivity index (χ1) is 8.95. The SMILES string of the molecule is CC1(C)C(=O)NC(=O)CN1Cc1cccnc1CN. The second-order valence-electron chi connectivity index (χ2n) is 5.11. The Morgan fingerprint density at radius 1 is 1.47 bits per heavy atom. The van der Waals surface area contributed by atoms with E-state index in [4.69, 9.17) is 5.73 Å². The van der Waals surface area contributed by atoms with Crippen LogP contribution in [0.2, 0.25) is 0 Å². The summed E-state index contributed by atoms with van der Waals surface area (Å²) in [6, 6.07) is 3.75. The number of nitrogens with zero attached hydrogens (tertiary/aromatic N) is 2. The normalized spacial score (nSPS) is 19.3. The lowest BCUT2D eigenvalue weighted by Crippen LogP contribution is -2.63. The van der Waals surface area contributed by atoms with E-state index < -0.39 is 5.54 Å². The number of hydrogen-bond acceptors (Lipinski definition) is 5. The quantitative estimate of drug-likeness (QED) is 0.735. The molecule has 2 rings (SSSR count). The molecular weight excluding hydrogens is 244 g/mol. The Morgan fingerprint density at radius 2 is 2.21 bits per heavy atom. The summed E-state index contributed by atoms with van der Waals surface area (Å²) in [6.45, 7) is 4.61. The van der Waals surface area contributed by atoms with Gasteiger partial charge in [-0.25, -0.2) is 0 Å². The van der Waals surface area contributed by atoms with Gasteiger partial charge in [0.1, 0.15) is 0 Å². The van der Waals surface area contributed by atoms with Crippen molar-refractivity contribution in [3.63, 3.8) is 0 Å². The summed E-state index contributed by atoms with van der Waals surface area (Å²) in [5.41, 5.74) is 6.66. The molecule has 0 unspecified atom stereocenters. The fraction of sp³-hybridized carbons (Fsp3) is 0.462. The van der Waals surface area contributed by atoms with E-state index >= 15 is 0 Å². The molecule has 0 atom stereocenters. The molecule has 1 aliphatic rings. The van der Waals surface area contributed by atoms with Gasteiger partial charge in [0, 0.05) is 19.3 Å². The van der Waals surface area contributed by atoms with Crippen molar-refractivity contribution in [2.45, 2.75) is 32.5 Å². The van der Waals surface area contributed by atoms with Crippen LogP contribution in [0.1, 0.15) is 25.1 Å². The maximum atomic E-state index is 11.9. The number of imide groups is 1. The highest BCUT2D eigenvalue weighted by molar-refractivity contribution is 6.02. The van der Waals surface area contributed by atoms with Crippen LogP contribution in [0.15, 0.2) is 18.3 Å². The number of aromatic nitrogens is 1. The second kappa shape index (κ2) is 5.07. The van der Waals surface area contributed by atoms with E-state index in [1.807, 2.05) is 17.0 Å². The second-order valence-corrected chi connectivity index (χ2v) is 5.11. The predicted octanol–water partition coefficient (Wildman–Crippen LogP) is -0.223. The molecule has 3 N–H and O–H groups in total. The highest BCUT2D eigenvalue weighted by Gasteiger charge is 2.40. The van der Waals surface area contributed by atoms with Crippen LogP contribution >= 0.6 is 0 Å². The van der Waals surface area contributed by atoms with E-state index in [0.717, 1.165) is 11.3 Å². The Balaban J connectivity index is 2.25. The number of hydrogen-bond donors (Lipinski definition) is 2. The van der Waals surface area contributed by atoms with Crippen molar-refractivity contribution in [2.75, 3.05) is 6.54 Å². The lowest BCUT2D eigenvalue weighted by molar-refractivity contribution is -0.145. The number of amides is 2. The van der Waals surface area contributed by atoms with Gasteiger partial charge in [-0.05, 0) is 25.5 Å². The van der Waals surface area contributed by atoms with Gasteiger partial charge in [0.2, 0.25) is 11.8 Å². The lowest BCUT2D eigenvalue weighted by atomic mass is 9.97. The van der Waals surface area contributed by atoms with Crippen molar-refractivity contribution in [3.05, 3.63) is 29.6 Å². The number of carbonyl (C=O) groups excluding carboxylic acids is 2. The summed E-state index contributed by atoms with van der Waals surface area (Å²) < 4.78 is 0. The van der Waals surface area contributed by atoms with E-state index in [0.29, 0.717) is 13.1 Å². The van der Waals surface area contributed by atoms with Gasteiger partial charge in [0.05, 0.1) is 17.8 Å². The summed E-state index contributed by atoms with van der Waals surface area (Å²) in [7, 11) is 0. The first-order valence-corrected chi connectivity index (χ1v) is 6.17. The number of nitrogens with two attached hydrogens (primary N) is 1. The Hall–Kier alpha value is -1.79. The molecule has 6 heteroatoms. The van der Waals surface area contributed by atoms with Gasteiger partial charge in [-0.1, -0.05) is 6.07 Å². The number of pyridine rings is 1. The average molecular weight is 262 g/mol. The van der Waals surface area contributed by atoms with E-state index in [-0.39, 0.29) is 18.4 Å². The molecule has 1 aromatic rings. The van der Waals surface area contributed by atoms with E-state index in [2.05, 4.69) is 10.3 Å². The molecule has 1 fully saturated rings. The van der Waals surface area contributed by atoms with Crippen molar-refractivity contribution >= 4 is 11.8 Å². The van der Waals surface area contributed by atoms with Crippen molar-refractivity contribution in [1.29, 1.82) is 0 Å². The Kier molecular flexibility index (Phi) is 3.64. The van der Waals surface area contributed by atoms with Gasteiger partial charge in [-0.15, -0.1) is 0 Å². The Labute approximate surface area is 112 Å². The first-order valence-electron chi connectivity index (χ1n) is 6.17. The summed E-state index contributed by atoms with van der Waals surface area (Å²) in [5.74, 6) is -0.551. The van der Waals surface area contributed by atoms with Crippen LogP contribution in [-0.2, 0) is 22.7 Å². The molecule has 1 aromatic heterocycles. The van der Waals surface area contributed by atoms with Crippen molar-refractivity contribution in [3.8, 4) is 0 Å². The van der Waals surface area contributed by atoms with Gasteiger partial charge in [0.15, 0.2) is 0 Å². The summed E-state index contributed by atoms with van der Waals surface area (Å²) in [6.07, 6.45) is 1.69. The number of nitrogens with one attached hydrogen (secondary N) is 1. The maximum absolute atomic E-state index is 11.9. The first kappa shape index (κ1) is 13.6. The topological polar surface area (TPSA) is 88.3 Å². The fourth-order valence-electron chi connectivity index (χ4n) is 2.09. The molecule has 0 radical (unpaired) electrons. The standard InChI is InChI=1S/C13H18N4O2/c1-13(2)12(19)16-11(18)8-17(13)7-9-4-3-5-15-10(9)6-14/h3-5H,6-8,14H2,1-2H3,(H,16,18,19). The van der Waals surface area contributed by atoms with Crippen molar-refractivity contribution in [1.82, 2.24) is 15.2 Å². The molecule has 2 amide bonds. The highest BCUT2D eigenvalue weighted by atomic mass is 16.2. The molecule has 0 bridgehead atoms. The Morgan fingerprint density at radius 3 is 2.89 bits per heavy atom. The molecule has 1 aliphatic heterocycles. The van der Waals surface area contributed by atoms with Crippen molar-refractivity contribution in [2.24, 2.45) is 5.73 Å². The lowest BCUT2D eigenvalue weighted by Gasteiger charge is -2.40. The molecule has 19 heavy (non-hydrogen) atoms. The fourth-order valence-corrected chi connectivity index (χ4v) is 2.09. The third kappa shape index (κ3) is 2.64. The van der Waals surface area contributed by atoms with Crippen LogP contribution in [-0.4, -0.2) is 33.8 Å². The van der Waals surface area contributed by atoms with Crippen LogP contribution in [0.5, 0.6) is 0 Å². The average Bonchev–Trinajstić information content (AvgIpc) is 2.36. The zero-order valence-electron chi connectivity index (χ0n) is 11.1. The summed E-state index contributed by atoms with van der Waals surface area (Å²) >= 11 is 0. The zero-order valence-corrected chi connectivity index (χ0v) is 11.1. The maximum Gasteiger partial charge on any atom is 0.246 e. The number of carbonyl (C=O) groups is 2. The molecule has 102 valence electrons. The van der Waals surface area contributed by atoms with Crippen LogP contribution in [0.25, 0.3) is 0 Å². The molecule has 1 saturated heterocycles. The minimum absolute atomic E-state index is 0.192. The van der Waals surface area contributed by atoms with Gasteiger partial charge in [0.25, 0.3) is 0 Å². The third-order valence-corrected chi connectivity index (χ3v) is 3.47. The van der Waals surface area contributed by atoms with Gasteiger partial charge in [-0.2, -0.15) is 0 Å². The molecule has 6 nitrogen and oxygen atoms in total. The third-order valence-electron chi connectivity index (χ3n) is 3.47. The van der Waals surface area contributed by atoms with E-state index in [1.54, 1.807) is 20.0 Å². The largest absolute Gasteiger partial charge is 0.325 e. The minimum atomic E-state index is -0.727. The Bertz CT molecular complexity index is 513. The molecular formula is C13H18N4O2. The monoisotopic (exact) mass is 262 g/mol. The predicted molar refractivity (Wildman–Crippen MR) is 69.8 cm³/mol. The molecule has 0 aromatic carbocycles. The molecule has 0 saturated carbocycles. The van der Waals surface area contributed by atoms with E-state index in [9.17, 15) is 9.59 Å². The van der Waals surface area contributed by atoms with Crippen LogP contribution in [0, 0.1) is 0 Å². The highest BCUT2D eigenvalue weighted by Crippen LogP contribution is 2.21. The van der Waals surface area contributed by atoms with E-state index in [1.165, 1.54) is 0 Å². The van der Waals surface area contributed by atoms with Gasteiger partial charge in [-0.3, -0.25) is 24.8 Å².